The van der Waals surface area contributed by atoms with Crippen LogP contribution < -0.4 is 56.5 Å². The average Bonchev–Trinajstić information content (AvgIpc) is 2.09. The summed E-state index contributed by atoms with van der Waals surface area (Å²) >= 11 is 0. The number of rotatable bonds is 3. The summed E-state index contributed by atoms with van der Waals surface area (Å²) in [6.45, 7) is 0. The van der Waals surface area contributed by atoms with Gasteiger partial charge in [0.15, 0.2) is 0 Å². The van der Waals surface area contributed by atoms with Crippen LogP contribution in [0.1, 0.15) is 11.7 Å². The summed E-state index contributed by atoms with van der Waals surface area (Å²) < 4.78 is 4.69. The molecule has 0 aliphatic heterocycles. The summed E-state index contributed by atoms with van der Waals surface area (Å²) in [5, 5.41) is 19.5. The number of aromatic hydroxyl groups is 1. The van der Waals surface area contributed by atoms with Gasteiger partial charge in [0.1, 0.15) is 11.9 Å². The number of carboxylic acids is 1. The summed E-state index contributed by atoms with van der Waals surface area (Å²) in [7, 11) is 1.29. The zero-order valence-electron chi connectivity index (χ0n) is 8.06. The molecule has 0 spiro atoms. The molecule has 1 aromatic carbocycles. The number of hydrogen-bond donors (Lipinski definition) is 1. The van der Waals surface area contributed by atoms with Gasteiger partial charge in [0.05, 0.1) is 5.97 Å². The van der Waals surface area contributed by atoms with Crippen molar-refractivity contribution in [2.45, 2.75) is 6.10 Å². The zero-order valence-corrected chi connectivity index (χ0v) is 11.2. The van der Waals surface area contributed by atoms with Gasteiger partial charge >= 0.3 is 51.4 Å². The second kappa shape index (κ2) is 6.55. The molecule has 0 aliphatic rings. The van der Waals surface area contributed by atoms with Crippen LogP contribution in [0.2, 0.25) is 0 Å². The normalized spacial score (nSPS) is 11.5. The minimum atomic E-state index is -1.30. The minimum Gasteiger partial charge on any atom is -0.547 e. The van der Waals surface area contributed by atoms with Crippen molar-refractivity contribution in [3.05, 3.63) is 29.8 Å². The fraction of sp³-hybridized carbons (Fsp3) is 0.222. The first-order valence-corrected chi connectivity index (χ1v) is 3.67. The van der Waals surface area contributed by atoms with Crippen molar-refractivity contribution in [3.8, 4) is 5.75 Å². The van der Waals surface area contributed by atoms with Crippen LogP contribution in [-0.4, -0.2) is 18.2 Å². The minimum absolute atomic E-state index is 0. The van der Waals surface area contributed by atoms with E-state index in [1.807, 2.05) is 0 Å². The summed E-state index contributed by atoms with van der Waals surface area (Å²) in [6.07, 6.45) is -1.08. The van der Waals surface area contributed by atoms with Crippen molar-refractivity contribution < 1.29 is 71.1 Å². The van der Waals surface area contributed by atoms with Crippen LogP contribution in [0.4, 0.5) is 0 Å². The van der Waals surface area contributed by atoms with E-state index in [2.05, 4.69) is 0 Å². The van der Waals surface area contributed by atoms with Crippen molar-refractivity contribution in [1.82, 2.24) is 0 Å². The molecule has 0 saturated heterocycles. The summed E-state index contributed by atoms with van der Waals surface area (Å²) in [6, 6.07) is 5.73. The first-order chi connectivity index (χ1) is 6.15. The molecule has 0 heterocycles. The van der Waals surface area contributed by atoms with Gasteiger partial charge in [0.25, 0.3) is 0 Å². The summed E-state index contributed by atoms with van der Waals surface area (Å²) in [5.41, 5.74) is 0.445. The number of phenolic OH excluding ortho intramolecular Hbond substituents is 1. The molecule has 0 amide bonds. The van der Waals surface area contributed by atoms with Gasteiger partial charge in [-0.2, -0.15) is 0 Å². The molecule has 70 valence electrons. The van der Waals surface area contributed by atoms with Gasteiger partial charge in [-0.3, -0.25) is 0 Å². The number of carboxylic acid groups (broad SMARTS) is 1. The number of phenols is 1. The Labute approximate surface area is 124 Å². The van der Waals surface area contributed by atoms with Gasteiger partial charge in [0.2, 0.25) is 0 Å². The molecule has 4 nitrogen and oxygen atoms in total. The number of carbonyl (C=O) groups excluding carboxylic acids is 1. The predicted octanol–water partition coefficient (Wildman–Crippen LogP) is -3.17. The summed E-state index contributed by atoms with van der Waals surface area (Å²) in [5.74, 6) is -1.22. The van der Waals surface area contributed by atoms with Crippen LogP contribution in [0.3, 0.4) is 0 Å². The van der Waals surface area contributed by atoms with Gasteiger partial charge in [-0.15, -0.1) is 0 Å². The van der Waals surface area contributed by atoms with E-state index in [4.69, 9.17) is 9.84 Å². The Bertz CT molecular complexity index is 296. The Morgan fingerprint density at radius 1 is 1.43 bits per heavy atom. The number of methoxy groups -OCH3 is 1. The van der Waals surface area contributed by atoms with Crippen molar-refractivity contribution in [1.29, 1.82) is 0 Å². The van der Waals surface area contributed by atoms with E-state index in [0.717, 1.165) is 0 Å². The zero-order chi connectivity index (χ0) is 9.84. The third-order valence-corrected chi connectivity index (χ3v) is 1.65. The molecule has 0 saturated carbocycles. The van der Waals surface area contributed by atoms with Gasteiger partial charge < -0.3 is 19.7 Å². The predicted molar refractivity (Wildman–Crippen MR) is 42.9 cm³/mol. The van der Waals surface area contributed by atoms with E-state index in [-0.39, 0.29) is 57.1 Å². The topological polar surface area (TPSA) is 69.6 Å². The molecular weight excluding hydrogens is 211 g/mol. The largest absolute Gasteiger partial charge is 1.00 e. The molecule has 1 unspecified atom stereocenters. The van der Waals surface area contributed by atoms with Crippen LogP contribution in [0, 0.1) is 0 Å². The third kappa shape index (κ3) is 3.68. The molecular formula is C9H9KO4. The first kappa shape index (κ1) is 14.1. The average molecular weight is 220 g/mol. The third-order valence-electron chi connectivity index (χ3n) is 1.65. The Kier molecular flexibility index (Phi) is 6.59. The number of ether oxygens (including phenoxy) is 1. The summed E-state index contributed by atoms with van der Waals surface area (Å²) in [4.78, 5) is 10.5. The monoisotopic (exact) mass is 220 g/mol. The first-order valence-electron chi connectivity index (χ1n) is 3.67. The smallest absolute Gasteiger partial charge is 0.547 e. The van der Waals surface area contributed by atoms with Crippen molar-refractivity contribution in [2.24, 2.45) is 0 Å². The molecule has 0 aromatic heterocycles. The molecule has 0 fully saturated rings. The quantitative estimate of drug-likeness (QED) is 0.546. The number of hydrogen-bond acceptors (Lipinski definition) is 4. The van der Waals surface area contributed by atoms with Crippen molar-refractivity contribution in [2.75, 3.05) is 7.11 Å². The van der Waals surface area contributed by atoms with Crippen LogP contribution in [-0.2, 0) is 9.53 Å². The molecule has 1 N–H and O–H groups in total. The van der Waals surface area contributed by atoms with Crippen molar-refractivity contribution >= 4 is 5.97 Å². The SMILES string of the molecule is COC(C(=O)[O-])c1ccc(O)cc1.[K+]. The molecule has 0 aliphatic carbocycles. The standard InChI is InChI=1S/C9H10O4.K/c1-13-8(9(11)12)6-2-4-7(10)5-3-6;/h2-5,8,10H,1H3,(H,11,12);/q;+1/p-1. The number of benzene rings is 1. The second-order valence-corrected chi connectivity index (χ2v) is 2.53. The Morgan fingerprint density at radius 2 is 1.93 bits per heavy atom. The van der Waals surface area contributed by atoms with Gasteiger partial charge in [0, 0.05) is 7.11 Å². The van der Waals surface area contributed by atoms with E-state index in [1.165, 1.54) is 31.4 Å². The van der Waals surface area contributed by atoms with Crippen molar-refractivity contribution in [3.63, 3.8) is 0 Å². The van der Waals surface area contributed by atoms with E-state index in [1.54, 1.807) is 0 Å². The van der Waals surface area contributed by atoms with E-state index < -0.39 is 12.1 Å². The maximum absolute atomic E-state index is 10.5. The number of aliphatic carboxylic acids is 1. The van der Waals surface area contributed by atoms with Gasteiger partial charge in [-0.05, 0) is 17.7 Å². The Morgan fingerprint density at radius 3 is 2.29 bits per heavy atom. The van der Waals surface area contributed by atoms with Crippen LogP contribution in [0.15, 0.2) is 24.3 Å². The van der Waals surface area contributed by atoms with E-state index >= 15 is 0 Å². The molecule has 14 heavy (non-hydrogen) atoms. The Balaban J connectivity index is 0.00000169. The van der Waals surface area contributed by atoms with E-state index in [9.17, 15) is 9.90 Å². The van der Waals surface area contributed by atoms with Crippen LogP contribution >= 0.6 is 0 Å². The van der Waals surface area contributed by atoms with Gasteiger partial charge in [-0.1, -0.05) is 12.1 Å². The fourth-order valence-corrected chi connectivity index (χ4v) is 1.02. The second-order valence-electron chi connectivity index (χ2n) is 2.53. The fourth-order valence-electron chi connectivity index (χ4n) is 1.02. The Hall–Kier alpha value is 0.0864. The number of carbonyl (C=O) groups is 1. The van der Waals surface area contributed by atoms with Gasteiger partial charge in [-0.25, -0.2) is 0 Å². The van der Waals surface area contributed by atoms with Crippen LogP contribution in [0.5, 0.6) is 5.75 Å². The molecule has 0 bridgehead atoms. The van der Waals surface area contributed by atoms with E-state index in [0.29, 0.717) is 5.56 Å². The maximum atomic E-state index is 10.5. The molecule has 5 heteroatoms. The molecule has 1 aromatic rings. The molecule has 1 rings (SSSR count). The molecule has 0 radical (unpaired) electrons. The maximum Gasteiger partial charge on any atom is 1.00 e. The van der Waals surface area contributed by atoms with Crippen LogP contribution in [0.25, 0.3) is 0 Å². The molecule has 1 atom stereocenters.